The van der Waals surface area contributed by atoms with E-state index in [9.17, 15) is 9.90 Å². The van der Waals surface area contributed by atoms with Crippen LogP contribution in [0, 0.1) is 17.8 Å². The average Bonchev–Trinajstić information content (AvgIpc) is 3.82. The summed E-state index contributed by atoms with van der Waals surface area (Å²) in [5.41, 5.74) is 0. The van der Waals surface area contributed by atoms with Gasteiger partial charge in [-0.1, -0.05) is 103 Å². The second kappa shape index (κ2) is 29.9. The number of esters is 1. The van der Waals surface area contributed by atoms with E-state index in [1.54, 1.807) is 7.11 Å². The molecule has 0 aliphatic carbocycles. The minimum Gasteiger partial charge on any atom is -0.460 e. The molecule has 0 amide bonds. The molecule has 4 aliphatic heterocycles. The molecule has 4 heterocycles. The van der Waals surface area contributed by atoms with Gasteiger partial charge >= 0.3 is 5.97 Å². The van der Waals surface area contributed by atoms with E-state index in [2.05, 4.69) is 18.8 Å². The van der Waals surface area contributed by atoms with Crippen LogP contribution in [0.3, 0.4) is 0 Å². The fourth-order valence-corrected chi connectivity index (χ4v) is 8.92. The van der Waals surface area contributed by atoms with E-state index in [1.807, 2.05) is 6.92 Å². The second-order valence-corrected chi connectivity index (χ2v) is 17.2. The fourth-order valence-electron chi connectivity index (χ4n) is 8.92. The first-order valence-corrected chi connectivity index (χ1v) is 23.6. The van der Waals surface area contributed by atoms with Gasteiger partial charge in [0.25, 0.3) is 0 Å². The Morgan fingerprint density at radius 1 is 0.702 bits per heavy atom. The summed E-state index contributed by atoms with van der Waals surface area (Å²) in [7, 11) is 1.58. The van der Waals surface area contributed by atoms with Crippen molar-refractivity contribution < 1.29 is 47.8 Å². The van der Waals surface area contributed by atoms with Gasteiger partial charge in [0.2, 0.25) is 0 Å². The van der Waals surface area contributed by atoms with Gasteiger partial charge in [0, 0.05) is 33.2 Å². The maximum atomic E-state index is 12.3. The molecular formula is C47H82O10. The summed E-state index contributed by atoms with van der Waals surface area (Å²) >= 11 is 0. The van der Waals surface area contributed by atoms with Crippen LogP contribution >= 0.6 is 0 Å². The third kappa shape index (κ3) is 19.3. The first-order chi connectivity index (χ1) is 28.0. The Labute approximate surface area is 346 Å². The molecule has 330 valence electrons. The van der Waals surface area contributed by atoms with Gasteiger partial charge in [-0.3, -0.25) is 4.79 Å². The van der Waals surface area contributed by atoms with E-state index < -0.39 is 6.10 Å². The number of ether oxygens (including phenoxy) is 8. The van der Waals surface area contributed by atoms with Crippen molar-refractivity contribution in [2.45, 2.75) is 249 Å². The number of cyclic esters (lactones) is 1. The molecule has 0 aromatic carbocycles. The van der Waals surface area contributed by atoms with Gasteiger partial charge in [-0.25, -0.2) is 0 Å². The molecule has 4 aliphatic rings. The zero-order valence-electron chi connectivity index (χ0n) is 36.3. The van der Waals surface area contributed by atoms with Gasteiger partial charge in [-0.05, 0) is 77.6 Å². The highest BCUT2D eigenvalue weighted by Gasteiger charge is 2.43. The minimum absolute atomic E-state index is 0.0296. The quantitative estimate of drug-likeness (QED) is 0.0326. The van der Waals surface area contributed by atoms with Crippen LogP contribution in [-0.2, 0) is 42.7 Å². The maximum Gasteiger partial charge on any atom is 0.312 e. The van der Waals surface area contributed by atoms with Gasteiger partial charge in [-0.2, -0.15) is 0 Å². The lowest BCUT2D eigenvalue weighted by Gasteiger charge is -2.32. The minimum atomic E-state index is -0.440. The highest BCUT2D eigenvalue weighted by Crippen LogP contribution is 2.33. The number of carbonyl (C=O) groups excluding carboxylic acids is 1. The Balaban J connectivity index is 1.17. The van der Waals surface area contributed by atoms with Crippen LogP contribution in [-0.4, -0.2) is 93.5 Å². The highest BCUT2D eigenvalue weighted by atomic mass is 16.7. The Hall–Kier alpha value is -1.29. The summed E-state index contributed by atoms with van der Waals surface area (Å²) in [6, 6.07) is 0. The van der Waals surface area contributed by atoms with Crippen LogP contribution in [0.4, 0.5) is 0 Å². The predicted octanol–water partition coefficient (Wildman–Crippen LogP) is 10.1. The van der Waals surface area contributed by atoms with Crippen LogP contribution in [0.15, 0.2) is 0 Å². The van der Waals surface area contributed by atoms with Crippen LogP contribution in [0.2, 0.25) is 0 Å². The van der Waals surface area contributed by atoms with Crippen molar-refractivity contribution >= 4 is 5.97 Å². The number of aliphatic hydroxyl groups excluding tert-OH is 1. The van der Waals surface area contributed by atoms with Crippen molar-refractivity contribution in [3.8, 4) is 11.8 Å². The summed E-state index contributed by atoms with van der Waals surface area (Å²) in [5, 5.41) is 10.7. The second-order valence-electron chi connectivity index (χ2n) is 17.2. The number of methoxy groups -OCH3 is 1. The Kier molecular flexibility index (Phi) is 25.3. The first kappa shape index (κ1) is 48.4. The molecule has 0 aromatic heterocycles. The lowest BCUT2D eigenvalue weighted by atomic mass is 9.94. The Morgan fingerprint density at radius 2 is 1.26 bits per heavy atom. The summed E-state index contributed by atoms with van der Waals surface area (Å²) < 4.78 is 48.3. The molecule has 10 nitrogen and oxygen atoms in total. The van der Waals surface area contributed by atoms with Crippen molar-refractivity contribution in [2.75, 3.05) is 27.1 Å². The average molecular weight is 807 g/mol. The molecule has 4 fully saturated rings. The summed E-state index contributed by atoms with van der Waals surface area (Å²) in [4.78, 5) is 12.3. The molecule has 0 bridgehead atoms. The van der Waals surface area contributed by atoms with Gasteiger partial charge in [0.15, 0.2) is 12.6 Å². The lowest BCUT2D eigenvalue weighted by Crippen LogP contribution is -2.39. The monoisotopic (exact) mass is 807 g/mol. The van der Waals surface area contributed by atoms with Gasteiger partial charge in [0.1, 0.15) is 19.0 Å². The fraction of sp³-hybridized carbons (Fsp3) is 0.936. The number of hydrogen-bond acceptors (Lipinski definition) is 10. The first-order valence-electron chi connectivity index (χ1n) is 23.6. The lowest BCUT2D eigenvalue weighted by molar-refractivity contribution is -0.228. The van der Waals surface area contributed by atoms with Crippen LogP contribution in [0.1, 0.15) is 194 Å². The molecule has 10 heteroatoms. The Morgan fingerprint density at radius 3 is 1.88 bits per heavy atom. The van der Waals surface area contributed by atoms with Crippen LogP contribution in [0.25, 0.3) is 0 Å². The van der Waals surface area contributed by atoms with Crippen molar-refractivity contribution in [1.29, 1.82) is 0 Å². The van der Waals surface area contributed by atoms with Crippen molar-refractivity contribution in [2.24, 2.45) is 5.92 Å². The smallest absolute Gasteiger partial charge is 0.312 e. The largest absolute Gasteiger partial charge is 0.460 e. The zero-order valence-corrected chi connectivity index (χ0v) is 36.3. The van der Waals surface area contributed by atoms with E-state index >= 15 is 0 Å². The summed E-state index contributed by atoms with van der Waals surface area (Å²) in [5.74, 6) is 6.24. The molecule has 0 saturated carbocycles. The molecule has 0 spiro atoms. The third-order valence-corrected chi connectivity index (χ3v) is 12.3. The SMILES string of the molecule is CCCCCCCCCCCC[C@H](OC1CCCCO1)[C@@H]1CC[C@@H]([C@@H](CC#CCC(O)CCCCCCCC2C(=O)O[C@H](C)C2OCOC)OC2CCCCO2)O1. The summed E-state index contributed by atoms with van der Waals surface area (Å²) in [6.45, 7) is 5.84. The van der Waals surface area contributed by atoms with Crippen molar-refractivity contribution in [1.82, 2.24) is 0 Å². The number of hydrogen-bond donors (Lipinski definition) is 1. The number of unbranched alkanes of at least 4 members (excludes halogenated alkanes) is 13. The van der Waals surface area contributed by atoms with Gasteiger partial charge in [-0.15, -0.1) is 11.8 Å². The summed E-state index contributed by atoms with van der Waals surface area (Å²) in [6.07, 6.45) is 28.6. The maximum absolute atomic E-state index is 12.3. The molecule has 1 N–H and O–H groups in total. The molecule has 5 unspecified atom stereocenters. The molecule has 4 saturated heterocycles. The number of carbonyl (C=O) groups is 1. The van der Waals surface area contributed by atoms with Crippen molar-refractivity contribution in [3.05, 3.63) is 0 Å². The molecular weight excluding hydrogens is 725 g/mol. The number of rotatable bonds is 30. The van der Waals surface area contributed by atoms with E-state index in [0.717, 1.165) is 122 Å². The predicted molar refractivity (Wildman–Crippen MR) is 222 cm³/mol. The topological polar surface area (TPSA) is 111 Å². The van der Waals surface area contributed by atoms with E-state index in [0.29, 0.717) is 12.8 Å². The molecule has 10 atom stereocenters. The molecule has 0 radical (unpaired) electrons. The molecule has 4 rings (SSSR count). The van der Waals surface area contributed by atoms with Crippen LogP contribution in [0.5, 0.6) is 0 Å². The standard InChI is InChI=1S/C47H82O10/c1-4-5-6-7-8-9-10-11-15-18-28-40(56-44-30-21-23-34-51-44)42-32-33-43(55-42)41(57-45-31-22-24-35-52-45)29-20-19-26-38(48)25-16-13-12-14-17-27-39-46(53-36-50-3)37(2)54-47(39)49/h37-46,48H,4-18,21-36H2,1-3H3/t37-,38?,39?,40+,41-,42+,43+,44?,45?,46?/m1/s1. The van der Waals surface area contributed by atoms with E-state index in [1.165, 1.54) is 57.8 Å². The van der Waals surface area contributed by atoms with Crippen molar-refractivity contribution in [3.63, 3.8) is 0 Å². The van der Waals surface area contributed by atoms with E-state index in [4.69, 9.17) is 37.9 Å². The Bertz CT molecular complexity index is 1080. The zero-order chi connectivity index (χ0) is 40.3. The van der Waals surface area contributed by atoms with Gasteiger partial charge < -0.3 is 43.0 Å². The van der Waals surface area contributed by atoms with Gasteiger partial charge in [0.05, 0.1) is 36.4 Å². The molecule has 0 aromatic rings. The third-order valence-electron chi connectivity index (χ3n) is 12.3. The molecule has 57 heavy (non-hydrogen) atoms. The van der Waals surface area contributed by atoms with E-state index in [-0.39, 0.29) is 67.9 Å². The highest BCUT2D eigenvalue weighted by molar-refractivity contribution is 5.75. The number of aliphatic hydroxyl groups is 1. The normalized spacial score (nSPS) is 28.1. The van der Waals surface area contributed by atoms with Crippen LogP contribution < -0.4 is 0 Å².